The third-order valence-corrected chi connectivity index (χ3v) is 5.65. The summed E-state index contributed by atoms with van der Waals surface area (Å²) in [6.07, 6.45) is 1.32. The Morgan fingerprint density at radius 1 is 1.30 bits per heavy atom. The normalized spacial score (nSPS) is 23.4. The van der Waals surface area contributed by atoms with Crippen LogP contribution in [-0.4, -0.2) is 50.1 Å². The Kier molecular flexibility index (Phi) is 4.80. The number of β-amino-alcohol motifs (C(OH)–C–C–N with tert-alkyl or cyclic N) is 1. The molecule has 6 heteroatoms. The Hall–Kier alpha value is -0.950. The zero-order chi connectivity index (χ0) is 14.8. The summed E-state index contributed by atoms with van der Waals surface area (Å²) in [5.74, 6) is 0. The van der Waals surface area contributed by atoms with Gasteiger partial charge in [-0.05, 0) is 24.1 Å². The van der Waals surface area contributed by atoms with Crippen LogP contribution >= 0.6 is 0 Å². The molecule has 0 spiro atoms. The first-order valence-corrected chi connectivity index (χ1v) is 8.36. The molecule has 2 N–H and O–H groups in total. The molecule has 112 valence electrons. The maximum atomic E-state index is 12.5. The summed E-state index contributed by atoms with van der Waals surface area (Å²) < 4.78 is 26.3. The summed E-state index contributed by atoms with van der Waals surface area (Å²) in [6, 6.07) is 6.59. The minimum Gasteiger partial charge on any atom is -0.390 e. The lowest BCUT2D eigenvalue weighted by Gasteiger charge is -2.25. The van der Waals surface area contributed by atoms with Gasteiger partial charge in [-0.2, -0.15) is 4.31 Å². The molecule has 20 heavy (non-hydrogen) atoms. The third kappa shape index (κ3) is 3.03. The molecule has 1 aliphatic rings. The summed E-state index contributed by atoms with van der Waals surface area (Å²) in [7, 11) is -2.03. The van der Waals surface area contributed by atoms with Crippen LogP contribution in [0.3, 0.4) is 0 Å². The number of sulfonamides is 1. The largest absolute Gasteiger partial charge is 0.390 e. The van der Waals surface area contributed by atoms with Gasteiger partial charge in [-0.15, -0.1) is 0 Å². The van der Waals surface area contributed by atoms with E-state index in [-0.39, 0.29) is 4.90 Å². The van der Waals surface area contributed by atoms with Crippen molar-refractivity contribution in [3.63, 3.8) is 0 Å². The van der Waals surface area contributed by atoms with Gasteiger partial charge in [0.2, 0.25) is 10.0 Å². The summed E-state index contributed by atoms with van der Waals surface area (Å²) in [5.41, 5.74) is 1.14. The Balaban J connectivity index is 2.20. The lowest BCUT2D eigenvalue weighted by molar-refractivity contribution is 0.136. The highest BCUT2D eigenvalue weighted by Gasteiger charge is 2.35. The average molecular weight is 298 g/mol. The molecule has 0 aliphatic carbocycles. The Morgan fingerprint density at radius 3 is 2.45 bits per heavy atom. The van der Waals surface area contributed by atoms with E-state index in [4.69, 9.17) is 0 Å². The smallest absolute Gasteiger partial charge is 0.243 e. The molecule has 1 fully saturated rings. The van der Waals surface area contributed by atoms with Crippen LogP contribution in [0.4, 0.5) is 0 Å². The second kappa shape index (κ2) is 6.22. The number of nitrogens with zero attached hydrogens (tertiary/aromatic N) is 1. The van der Waals surface area contributed by atoms with Gasteiger partial charge in [0.25, 0.3) is 0 Å². The van der Waals surface area contributed by atoms with Crippen LogP contribution < -0.4 is 5.32 Å². The number of nitrogens with one attached hydrogen (secondary N) is 1. The van der Waals surface area contributed by atoms with E-state index >= 15 is 0 Å². The lowest BCUT2D eigenvalue weighted by atomic mass is 10.1. The highest BCUT2D eigenvalue weighted by molar-refractivity contribution is 7.89. The fourth-order valence-electron chi connectivity index (χ4n) is 2.48. The van der Waals surface area contributed by atoms with Crippen LogP contribution in [0.5, 0.6) is 0 Å². The zero-order valence-electron chi connectivity index (χ0n) is 11.9. The van der Waals surface area contributed by atoms with Crippen LogP contribution in [0.15, 0.2) is 29.2 Å². The quantitative estimate of drug-likeness (QED) is 0.835. The van der Waals surface area contributed by atoms with Gasteiger partial charge in [-0.25, -0.2) is 8.42 Å². The molecule has 0 bridgehead atoms. The van der Waals surface area contributed by atoms with E-state index < -0.39 is 22.2 Å². The molecule has 0 saturated carbocycles. The fourth-order valence-corrected chi connectivity index (χ4v) is 3.87. The van der Waals surface area contributed by atoms with Crippen LogP contribution in [0.1, 0.15) is 18.9 Å². The van der Waals surface area contributed by atoms with Gasteiger partial charge in [-0.3, -0.25) is 0 Å². The predicted molar refractivity (Wildman–Crippen MR) is 78.1 cm³/mol. The highest BCUT2D eigenvalue weighted by atomic mass is 32.2. The molecule has 0 aromatic heterocycles. The molecule has 1 aromatic carbocycles. The second-order valence-corrected chi connectivity index (χ2v) is 7.21. The van der Waals surface area contributed by atoms with Gasteiger partial charge in [0, 0.05) is 20.1 Å². The van der Waals surface area contributed by atoms with Crippen molar-refractivity contribution in [2.24, 2.45) is 0 Å². The molecule has 2 atom stereocenters. The van der Waals surface area contributed by atoms with Crippen LogP contribution in [0.25, 0.3) is 0 Å². The fraction of sp³-hybridized carbons (Fsp3) is 0.571. The number of rotatable bonds is 5. The van der Waals surface area contributed by atoms with Crippen molar-refractivity contribution in [3.05, 3.63) is 29.8 Å². The lowest BCUT2D eigenvalue weighted by Crippen LogP contribution is -2.44. The predicted octanol–water partition coefficient (Wildman–Crippen LogP) is 0.592. The van der Waals surface area contributed by atoms with Crippen molar-refractivity contribution in [2.75, 3.05) is 20.1 Å². The second-order valence-electron chi connectivity index (χ2n) is 5.21. The van der Waals surface area contributed by atoms with Gasteiger partial charge in [-0.1, -0.05) is 25.5 Å². The minimum absolute atomic E-state index is 0.277. The van der Waals surface area contributed by atoms with Gasteiger partial charge in [0.05, 0.1) is 17.0 Å². The highest BCUT2D eigenvalue weighted by Crippen LogP contribution is 2.20. The van der Waals surface area contributed by atoms with E-state index in [9.17, 15) is 13.5 Å². The Bertz CT molecular complexity index is 542. The molecule has 5 nitrogen and oxygen atoms in total. The zero-order valence-corrected chi connectivity index (χ0v) is 12.7. The van der Waals surface area contributed by atoms with Crippen molar-refractivity contribution in [1.82, 2.24) is 9.62 Å². The van der Waals surface area contributed by atoms with Crippen molar-refractivity contribution < 1.29 is 13.5 Å². The molecule has 0 amide bonds. The van der Waals surface area contributed by atoms with Gasteiger partial charge >= 0.3 is 0 Å². The SMILES string of the molecule is CCCc1ccc(S(=O)(=O)N(C)[C@H]2CNC[C@@H]2O)cc1. The molecule has 1 heterocycles. The number of likely N-dealkylation sites (N-methyl/N-ethyl adjacent to an activating group) is 1. The molecule has 1 saturated heterocycles. The van der Waals surface area contributed by atoms with E-state index in [1.54, 1.807) is 12.1 Å². The molecule has 2 rings (SSSR count). The van der Waals surface area contributed by atoms with Crippen LogP contribution in [-0.2, 0) is 16.4 Å². The van der Waals surface area contributed by atoms with Gasteiger partial charge in [0.15, 0.2) is 0 Å². The number of hydrogen-bond donors (Lipinski definition) is 2. The van der Waals surface area contributed by atoms with Crippen molar-refractivity contribution in [3.8, 4) is 0 Å². The Labute approximate surface area is 120 Å². The van der Waals surface area contributed by atoms with E-state index in [0.717, 1.165) is 18.4 Å². The number of hydrogen-bond acceptors (Lipinski definition) is 4. The molecular formula is C14H22N2O3S. The Morgan fingerprint density at radius 2 is 1.95 bits per heavy atom. The van der Waals surface area contributed by atoms with Crippen LogP contribution in [0, 0.1) is 0 Å². The summed E-state index contributed by atoms with van der Waals surface area (Å²) in [4.78, 5) is 0.277. The van der Waals surface area contributed by atoms with E-state index in [1.165, 1.54) is 11.4 Å². The summed E-state index contributed by atoms with van der Waals surface area (Å²) in [5, 5.41) is 12.8. The van der Waals surface area contributed by atoms with Crippen molar-refractivity contribution in [2.45, 2.75) is 36.8 Å². The van der Waals surface area contributed by atoms with E-state index in [1.807, 2.05) is 12.1 Å². The topological polar surface area (TPSA) is 69.6 Å². The van der Waals surface area contributed by atoms with E-state index in [0.29, 0.717) is 13.1 Å². The minimum atomic E-state index is -3.55. The standard InChI is InChI=1S/C14H22N2O3S/c1-3-4-11-5-7-12(8-6-11)20(18,19)16(2)13-9-15-10-14(13)17/h5-8,13-15,17H,3-4,9-10H2,1-2H3/t13-,14-/m0/s1. The summed E-state index contributed by atoms with van der Waals surface area (Å²) >= 11 is 0. The average Bonchev–Trinajstić information content (AvgIpc) is 2.85. The number of aryl methyl sites for hydroxylation is 1. The summed E-state index contributed by atoms with van der Waals surface area (Å²) in [6.45, 7) is 3.00. The third-order valence-electron chi connectivity index (χ3n) is 3.76. The van der Waals surface area contributed by atoms with Crippen molar-refractivity contribution in [1.29, 1.82) is 0 Å². The first-order chi connectivity index (χ1) is 9.46. The van der Waals surface area contributed by atoms with E-state index in [2.05, 4.69) is 12.2 Å². The maximum absolute atomic E-state index is 12.5. The van der Waals surface area contributed by atoms with Gasteiger partial charge < -0.3 is 10.4 Å². The first kappa shape index (κ1) is 15.4. The number of benzene rings is 1. The maximum Gasteiger partial charge on any atom is 0.243 e. The molecule has 0 radical (unpaired) electrons. The monoisotopic (exact) mass is 298 g/mol. The van der Waals surface area contributed by atoms with Crippen molar-refractivity contribution >= 4 is 10.0 Å². The van der Waals surface area contributed by atoms with Crippen LogP contribution in [0.2, 0.25) is 0 Å². The molecule has 1 aromatic rings. The molecule has 1 aliphatic heterocycles. The number of aliphatic hydroxyl groups is 1. The number of aliphatic hydroxyl groups excluding tert-OH is 1. The van der Waals surface area contributed by atoms with Gasteiger partial charge in [0.1, 0.15) is 0 Å². The molecule has 0 unspecified atom stereocenters. The first-order valence-electron chi connectivity index (χ1n) is 6.92. The molecular weight excluding hydrogens is 276 g/mol.